The average molecular weight is 406 g/mol. The highest BCUT2D eigenvalue weighted by Gasteiger charge is 2.20. The Labute approximate surface area is 166 Å². The number of nitrogens with one attached hydrogen (secondary N) is 2. The van der Waals surface area contributed by atoms with Crippen molar-refractivity contribution in [1.29, 1.82) is 0 Å². The van der Waals surface area contributed by atoms with Gasteiger partial charge in [-0.3, -0.25) is 14.4 Å². The van der Waals surface area contributed by atoms with Gasteiger partial charge < -0.3 is 20.1 Å². The number of ether oxygens (including phenoxy) is 2. The number of rotatable bonds is 8. The summed E-state index contributed by atoms with van der Waals surface area (Å²) in [5, 5.41) is 4.50. The molecule has 154 valence electrons. The van der Waals surface area contributed by atoms with E-state index in [2.05, 4.69) is 10.6 Å². The van der Waals surface area contributed by atoms with Crippen molar-refractivity contribution in [1.82, 2.24) is 5.32 Å². The molecule has 0 aliphatic rings. The zero-order valence-electron chi connectivity index (χ0n) is 15.8. The molecule has 0 heterocycles. The molecule has 0 bridgehead atoms. The molecule has 0 radical (unpaired) electrons. The van der Waals surface area contributed by atoms with Gasteiger partial charge in [0.15, 0.2) is 6.10 Å². The number of hydrogen-bond donors (Lipinski definition) is 2. The zero-order chi connectivity index (χ0) is 21.4. The van der Waals surface area contributed by atoms with Crippen LogP contribution < -0.4 is 15.4 Å². The number of esters is 1. The molecule has 0 aliphatic heterocycles. The molecule has 0 aromatic heterocycles. The van der Waals surface area contributed by atoms with Gasteiger partial charge in [-0.25, -0.2) is 8.78 Å². The number of amides is 2. The Balaban J connectivity index is 1.82. The lowest BCUT2D eigenvalue weighted by Gasteiger charge is -2.14. The Kier molecular flexibility index (Phi) is 7.64. The molecule has 2 N–H and O–H groups in total. The highest BCUT2D eigenvalue weighted by Crippen LogP contribution is 2.16. The van der Waals surface area contributed by atoms with Gasteiger partial charge in [-0.1, -0.05) is 0 Å². The van der Waals surface area contributed by atoms with E-state index >= 15 is 0 Å². The number of carbonyl (C=O) groups excluding carboxylic acids is 3. The standard InChI is InChI=1S/C20H20F2N2O5/c1-3-28-15-7-4-13(5-8-15)20(27)23-11-18(25)29-12(2)19(26)24-17-10-14(21)6-9-16(17)22/h4-10,12H,3,11H2,1-2H3,(H,23,27)(H,24,26)/t12-/m0/s1. The lowest BCUT2D eigenvalue weighted by molar-refractivity contribution is -0.152. The maximum atomic E-state index is 13.6. The molecule has 0 aliphatic carbocycles. The van der Waals surface area contributed by atoms with E-state index in [1.165, 1.54) is 19.1 Å². The number of hydrogen-bond acceptors (Lipinski definition) is 5. The molecule has 0 saturated heterocycles. The van der Waals surface area contributed by atoms with Gasteiger partial charge in [0.25, 0.3) is 11.8 Å². The van der Waals surface area contributed by atoms with Gasteiger partial charge in [0.05, 0.1) is 12.3 Å². The van der Waals surface area contributed by atoms with E-state index in [4.69, 9.17) is 9.47 Å². The topological polar surface area (TPSA) is 93.7 Å². The van der Waals surface area contributed by atoms with Crippen molar-refractivity contribution >= 4 is 23.5 Å². The van der Waals surface area contributed by atoms with Crippen molar-refractivity contribution in [2.24, 2.45) is 0 Å². The second kappa shape index (κ2) is 10.2. The van der Waals surface area contributed by atoms with Crippen LogP contribution in [0.4, 0.5) is 14.5 Å². The summed E-state index contributed by atoms with van der Waals surface area (Å²) in [5.74, 6) is -3.18. The van der Waals surface area contributed by atoms with Gasteiger partial charge in [-0.15, -0.1) is 0 Å². The molecule has 7 nitrogen and oxygen atoms in total. The van der Waals surface area contributed by atoms with Crippen LogP contribution in [-0.4, -0.2) is 37.0 Å². The quantitative estimate of drug-likeness (QED) is 0.658. The fourth-order valence-electron chi connectivity index (χ4n) is 2.24. The molecule has 0 saturated carbocycles. The summed E-state index contributed by atoms with van der Waals surface area (Å²) in [6.45, 7) is 3.12. The van der Waals surface area contributed by atoms with Crippen molar-refractivity contribution < 1.29 is 32.6 Å². The first-order valence-electron chi connectivity index (χ1n) is 8.76. The maximum absolute atomic E-state index is 13.6. The minimum absolute atomic E-state index is 0.314. The van der Waals surface area contributed by atoms with Crippen LogP contribution in [0.1, 0.15) is 24.2 Å². The minimum Gasteiger partial charge on any atom is -0.494 e. The highest BCUT2D eigenvalue weighted by molar-refractivity contribution is 5.97. The van der Waals surface area contributed by atoms with Crippen molar-refractivity contribution in [3.63, 3.8) is 0 Å². The summed E-state index contributed by atoms with van der Waals surface area (Å²) >= 11 is 0. The smallest absolute Gasteiger partial charge is 0.326 e. The largest absolute Gasteiger partial charge is 0.494 e. The van der Waals surface area contributed by atoms with E-state index in [1.54, 1.807) is 12.1 Å². The van der Waals surface area contributed by atoms with Crippen LogP contribution in [0.2, 0.25) is 0 Å². The molecule has 9 heteroatoms. The summed E-state index contributed by atoms with van der Waals surface area (Å²) in [4.78, 5) is 35.8. The molecule has 0 unspecified atom stereocenters. The molecule has 29 heavy (non-hydrogen) atoms. The SMILES string of the molecule is CCOc1ccc(C(=O)NCC(=O)O[C@@H](C)C(=O)Nc2cc(F)ccc2F)cc1. The fourth-order valence-corrected chi connectivity index (χ4v) is 2.24. The van der Waals surface area contributed by atoms with Gasteiger partial charge in [0.1, 0.15) is 23.9 Å². The van der Waals surface area contributed by atoms with E-state index in [0.717, 1.165) is 18.2 Å². The van der Waals surface area contributed by atoms with Crippen LogP contribution in [0.15, 0.2) is 42.5 Å². The van der Waals surface area contributed by atoms with Crippen LogP contribution in [0.3, 0.4) is 0 Å². The molecule has 2 aromatic rings. The van der Waals surface area contributed by atoms with Crippen LogP contribution in [-0.2, 0) is 14.3 Å². The van der Waals surface area contributed by atoms with Crippen LogP contribution in [0.25, 0.3) is 0 Å². The van der Waals surface area contributed by atoms with E-state index in [0.29, 0.717) is 17.9 Å². The molecular formula is C20H20F2N2O5. The Bertz CT molecular complexity index is 887. The van der Waals surface area contributed by atoms with Crippen molar-refractivity contribution in [2.75, 3.05) is 18.5 Å². The average Bonchev–Trinajstić information content (AvgIpc) is 2.69. The molecule has 2 aromatic carbocycles. The van der Waals surface area contributed by atoms with Gasteiger partial charge >= 0.3 is 5.97 Å². The molecular weight excluding hydrogens is 386 g/mol. The summed E-state index contributed by atoms with van der Waals surface area (Å²) < 4.78 is 36.8. The third kappa shape index (κ3) is 6.56. The monoisotopic (exact) mass is 406 g/mol. The Morgan fingerprint density at radius 1 is 1.07 bits per heavy atom. The number of carbonyl (C=O) groups is 3. The Morgan fingerprint density at radius 2 is 1.76 bits per heavy atom. The summed E-state index contributed by atoms with van der Waals surface area (Å²) in [7, 11) is 0. The van der Waals surface area contributed by atoms with Gasteiger partial charge in [-0.2, -0.15) is 0 Å². The third-order valence-electron chi connectivity index (χ3n) is 3.68. The first-order chi connectivity index (χ1) is 13.8. The lowest BCUT2D eigenvalue weighted by Crippen LogP contribution is -2.36. The van der Waals surface area contributed by atoms with Gasteiger partial charge in [0.2, 0.25) is 0 Å². The minimum atomic E-state index is -1.28. The van der Waals surface area contributed by atoms with Crippen LogP contribution in [0.5, 0.6) is 5.75 Å². The zero-order valence-corrected chi connectivity index (χ0v) is 15.8. The summed E-state index contributed by atoms with van der Waals surface area (Å²) in [6.07, 6.45) is -1.28. The van der Waals surface area contributed by atoms with E-state index < -0.39 is 42.1 Å². The number of anilines is 1. The first-order valence-corrected chi connectivity index (χ1v) is 8.76. The van der Waals surface area contributed by atoms with E-state index in [1.807, 2.05) is 6.92 Å². The van der Waals surface area contributed by atoms with Crippen LogP contribution >= 0.6 is 0 Å². The number of benzene rings is 2. The Hall–Kier alpha value is -3.49. The fraction of sp³-hybridized carbons (Fsp3) is 0.250. The molecule has 0 fully saturated rings. The highest BCUT2D eigenvalue weighted by atomic mass is 19.1. The Morgan fingerprint density at radius 3 is 2.41 bits per heavy atom. The molecule has 2 amide bonds. The van der Waals surface area contributed by atoms with Gasteiger partial charge in [-0.05, 0) is 50.2 Å². The second-order valence-electron chi connectivity index (χ2n) is 5.89. The van der Waals surface area contributed by atoms with Gasteiger partial charge in [0, 0.05) is 11.6 Å². The van der Waals surface area contributed by atoms with E-state index in [9.17, 15) is 23.2 Å². The first kappa shape index (κ1) is 21.8. The van der Waals surface area contributed by atoms with Crippen LogP contribution in [0, 0.1) is 11.6 Å². The normalized spacial score (nSPS) is 11.3. The molecule has 2 rings (SSSR count). The summed E-state index contributed by atoms with van der Waals surface area (Å²) in [6, 6.07) is 8.88. The lowest BCUT2D eigenvalue weighted by atomic mass is 10.2. The van der Waals surface area contributed by atoms with E-state index in [-0.39, 0.29) is 5.69 Å². The molecule has 0 spiro atoms. The maximum Gasteiger partial charge on any atom is 0.326 e. The third-order valence-corrected chi connectivity index (χ3v) is 3.68. The number of halogens is 2. The van der Waals surface area contributed by atoms with Crippen molar-refractivity contribution in [3.8, 4) is 5.75 Å². The second-order valence-corrected chi connectivity index (χ2v) is 5.89. The predicted molar refractivity (Wildman–Crippen MR) is 100 cm³/mol. The van der Waals surface area contributed by atoms with Crippen molar-refractivity contribution in [2.45, 2.75) is 20.0 Å². The predicted octanol–water partition coefficient (Wildman–Crippen LogP) is 2.66. The summed E-state index contributed by atoms with van der Waals surface area (Å²) in [5.41, 5.74) is -0.0599. The molecule has 1 atom stereocenters. The van der Waals surface area contributed by atoms with Crippen molar-refractivity contribution in [3.05, 3.63) is 59.7 Å².